The molecule has 0 bridgehead atoms. The van der Waals surface area contributed by atoms with Crippen molar-refractivity contribution in [3.63, 3.8) is 0 Å². The predicted octanol–water partition coefficient (Wildman–Crippen LogP) is 3.68. The van der Waals surface area contributed by atoms with E-state index in [1.165, 1.54) is 16.8 Å². The normalized spacial score (nSPS) is 10.2. The minimum Gasteiger partial charge on any atom is -0.497 e. The van der Waals surface area contributed by atoms with Gasteiger partial charge in [-0.3, -0.25) is 0 Å². The van der Waals surface area contributed by atoms with E-state index in [0.717, 1.165) is 18.0 Å². The highest BCUT2D eigenvalue weighted by atomic mass is 16.5. The number of hydrogen-bond acceptors (Lipinski definition) is 3. The smallest absolute Gasteiger partial charge is 0.119 e. The molecule has 0 aliphatic heterocycles. The number of ether oxygens (including phenoxy) is 1. The van der Waals surface area contributed by atoms with E-state index in [-0.39, 0.29) is 0 Å². The van der Waals surface area contributed by atoms with Gasteiger partial charge in [-0.25, -0.2) is 0 Å². The zero-order valence-electron chi connectivity index (χ0n) is 12.6. The molecule has 0 aromatic heterocycles. The fourth-order valence-electron chi connectivity index (χ4n) is 2.07. The van der Waals surface area contributed by atoms with E-state index in [1.54, 1.807) is 7.11 Å². The Balaban J connectivity index is 2.01. The van der Waals surface area contributed by atoms with Crippen molar-refractivity contribution < 1.29 is 4.74 Å². The molecular weight excluding hydrogens is 248 g/mol. The maximum atomic E-state index is 5.22. The molecule has 106 valence electrons. The Morgan fingerprint density at radius 2 is 1.75 bits per heavy atom. The molecule has 3 heteroatoms. The highest BCUT2D eigenvalue weighted by Gasteiger charge is 2.01. The second kappa shape index (κ2) is 6.33. The topological polar surface area (TPSA) is 24.5 Å². The van der Waals surface area contributed by atoms with E-state index in [0.29, 0.717) is 0 Å². The van der Waals surface area contributed by atoms with Gasteiger partial charge in [0.05, 0.1) is 7.11 Å². The Kier molecular flexibility index (Phi) is 4.51. The summed E-state index contributed by atoms with van der Waals surface area (Å²) in [5, 5.41) is 3.46. The summed E-state index contributed by atoms with van der Waals surface area (Å²) < 4.78 is 5.22. The van der Waals surface area contributed by atoms with Crippen LogP contribution in [0.5, 0.6) is 5.75 Å². The molecule has 0 unspecified atom stereocenters. The van der Waals surface area contributed by atoms with Crippen LogP contribution in [0.1, 0.15) is 11.1 Å². The third-order valence-corrected chi connectivity index (χ3v) is 3.37. The third-order valence-electron chi connectivity index (χ3n) is 3.37. The van der Waals surface area contributed by atoms with E-state index in [4.69, 9.17) is 4.74 Å². The molecule has 2 rings (SSSR count). The summed E-state index contributed by atoms with van der Waals surface area (Å²) in [5.74, 6) is 0.892. The van der Waals surface area contributed by atoms with Crippen LogP contribution in [0, 0.1) is 6.92 Å². The fourth-order valence-corrected chi connectivity index (χ4v) is 2.07. The Hall–Kier alpha value is -2.16. The number of rotatable bonds is 5. The lowest BCUT2D eigenvalue weighted by molar-refractivity contribution is 0.414. The van der Waals surface area contributed by atoms with Crippen LogP contribution >= 0.6 is 0 Å². The van der Waals surface area contributed by atoms with Crippen molar-refractivity contribution in [2.24, 2.45) is 0 Å². The lowest BCUT2D eigenvalue weighted by atomic mass is 10.1. The molecule has 1 N–H and O–H groups in total. The van der Waals surface area contributed by atoms with Crippen LogP contribution in [-0.4, -0.2) is 21.2 Å². The van der Waals surface area contributed by atoms with Gasteiger partial charge in [0.2, 0.25) is 0 Å². The molecule has 0 radical (unpaired) electrons. The Labute approximate surface area is 121 Å². The number of anilines is 2. The summed E-state index contributed by atoms with van der Waals surface area (Å²) in [6.07, 6.45) is 0. The molecule has 0 heterocycles. The Bertz CT molecular complexity index is 562. The van der Waals surface area contributed by atoms with Crippen molar-refractivity contribution in [2.45, 2.75) is 13.5 Å². The van der Waals surface area contributed by atoms with Crippen molar-refractivity contribution in [3.8, 4) is 5.75 Å². The monoisotopic (exact) mass is 270 g/mol. The first-order chi connectivity index (χ1) is 9.60. The molecule has 0 spiro atoms. The minimum absolute atomic E-state index is 0.820. The fraction of sp³-hybridized carbons (Fsp3) is 0.294. The zero-order valence-corrected chi connectivity index (χ0v) is 12.6. The van der Waals surface area contributed by atoms with Gasteiger partial charge in [-0.2, -0.15) is 0 Å². The van der Waals surface area contributed by atoms with Crippen LogP contribution in [0.4, 0.5) is 11.4 Å². The van der Waals surface area contributed by atoms with E-state index in [9.17, 15) is 0 Å². The van der Waals surface area contributed by atoms with Crippen LogP contribution in [0.3, 0.4) is 0 Å². The summed E-state index contributed by atoms with van der Waals surface area (Å²) in [6, 6.07) is 14.7. The van der Waals surface area contributed by atoms with Gasteiger partial charge in [0.1, 0.15) is 5.75 Å². The summed E-state index contributed by atoms with van der Waals surface area (Å²) in [4.78, 5) is 2.10. The molecule has 0 saturated heterocycles. The number of aryl methyl sites for hydroxylation is 1. The first kappa shape index (κ1) is 14.3. The molecule has 2 aromatic rings. The van der Waals surface area contributed by atoms with Gasteiger partial charge in [0.25, 0.3) is 0 Å². The average molecular weight is 270 g/mol. The van der Waals surface area contributed by atoms with Crippen LogP contribution in [0.25, 0.3) is 0 Å². The first-order valence-electron chi connectivity index (χ1n) is 6.75. The van der Waals surface area contributed by atoms with Gasteiger partial charge >= 0.3 is 0 Å². The molecule has 3 nitrogen and oxygen atoms in total. The highest BCUT2D eigenvalue weighted by Crippen LogP contribution is 2.22. The third kappa shape index (κ3) is 3.44. The molecule has 0 saturated carbocycles. The van der Waals surface area contributed by atoms with Gasteiger partial charge in [-0.05, 0) is 48.4 Å². The van der Waals surface area contributed by atoms with Crippen molar-refractivity contribution in [1.82, 2.24) is 0 Å². The van der Waals surface area contributed by atoms with E-state index in [1.807, 2.05) is 26.2 Å². The Morgan fingerprint density at radius 1 is 1.05 bits per heavy atom. The molecule has 0 aliphatic carbocycles. The van der Waals surface area contributed by atoms with E-state index in [2.05, 4.69) is 47.5 Å². The number of nitrogens with zero attached hydrogens (tertiary/aromatic N) is 1. The van der Waals surface area contributed by atoms with Crippen molar-refractivity contribution in [2.75, 3.05) is 31.4 Å². The van der Waals surface area contributed by atoms with Gasteiger partial charge in [-0.15, -0.1) is 0 Å². The number of nitrogens with one attached hydrogen (secondary N) is 1. The van der Waals surface area contributed by atoms with Crippen LogP contribution < -0.4 is 15.0 Å². The quantitative estimate of drug-likeness (QED) is 0.897. The second-order valence-electron chi connectivity index (χ2n) is 5.10. The van der Waals surface area contributed by atoms with Crippen molar-refractivity contribution in [3.05, 3.63) is 53.6 Å². The van der Waals surface area contributed by atoms with Crippen molar-refractivity contribution >= 4 is 11.4 Å². The molecule has 0 atom stereocenters. The minimum atomic E-state index is 0.820. The van der Waals surface area contributed by atoms with Crippen LogP contribution in [0.2, 0.25) is 0 Å². The molecule has 0 aliphatic rings. The SMILES string of the molecule is COc1ccc(NCc2ccc(N(C)C)cc2)c(C)c1. The molecule has 0 fully saturated rings. The number of hydrogen-bond donors (Lipinski definition) is 1. The summed E-state index contributed by atoms with van der Waals surface area (Å²) in [6.45, 7) is 2.90. The van der Waals surface area contributed by atoms with Gasteiger partial charge in [0, 0.05) is 32.0 Å². The predicted molar refractivity (Wildman–Crippen MR) is 85.8 cm³/mol. The summed E-state index contributed by atoms with van der Waals surface area (Å²) >= 11 is 0. The lowest BCUT2D eigenvalue weighted by Gasteiger charge is -2.14. The van der Waals surface area contributed by atoms with Gasteiger partial charge in [0.15, 0.2) is 0 Å². The zero-order chi connectivity index (χ0) is 14.5. The molecule has 0 amide bonds. The lowest BCUT2D eigenvalue weighted by Crippen LogP contribution is -2.08. The van der Waals surface area contributed by atoms with Gasteiger partial charge in [-0.1, -0.05) is 12.1 Å². The Morgan fingerprint density at radius 3 is 2.30 bits per heavy atom. The van der Waals surface area contributed by atoms with E-state index < -0.39 is 0 Å². The number of methoxy groups -OCH3 is 1. The molecule has 20 heavy (non-hydrogen) atoms. The van der Waals surface area contributed by atoms with E-state index >= 15 is 0 Å². The average Bonchev–Trinajstić information content (AvgIpc) is 2.46. The summed E-state index contributed by atoms with van der Waals surface area (Å²) in [5.41, 5.74) is 4.82. The van der Waals surface area contributed by atoms with Gasteiger partial charge < -0.3 is 15.0 Å². The van der Waals surface area contributed by atoms with Crippen LogP contribution in [-0.2, 0) is 6.54 Å². The summed E-state index contributed by atoms with van der Waals surface area (Å²) in [7, 11) is 5.79. The molecular formula is C17H22N2O. The standard InChI is InChI=1S/C17H22N2O/c1-13-11-16(20-4)9-10-17(13)18-12-14-5-7-15(8-6-14)19(2)3/h5-11,18H,12H2,1-4H3. The second-order valence-corrected chi connectivity index (χ2v) is 5.10. The first-order valence-corrected chi connectivity index (χ1v) is 6.75. The maximum Gasteiger partial charge on any atom is 0.119 e. The van der Waals surface area contributed by atoms with Crippen molar-refractivity contribution in [1.29, 1.82) is 0 Å². The maximum absolute atomic E-state index is 5.22. The highest BCUT2D eigenvalue weighted by molar-refractivity contribution is 5.54. The largest absolute Gasteiger partial charge is 0.497 e. The van der Waals surface area contributed by atoms with Crippen LogP contribution in [0.15, 0.2) is 42.5 Å². The molecule has 2 aromatic carbocycles. The number of benzene rings is 2.